The number of fused-ring (bicyclic) bond motifs is 1. The van der Waals surface area contributed by atoms with Gasteiger partial charge in [0.2, 0.25) is 0 Å². The van der Waals surface area contributed by atoms with Crippen molar-refractivity contribution in [1.29, 1.82) is 0 Å². The lowest BCUT2D eigenvalue weighted by molar-refractivity contribution is 0.0953. The third-order valence-corrected chi connectivity index (χ3v) is 7.52. The Morgan fingerprint density at radius 3 is 2.07 bits per heavy atom. The fourth-order valence-corrected chi connectivity index (χ4v) is 5.03. The van der Waals surface area contributed by atoms with E-state index in [1.807, 2.05) is 12.1 Å². The number of nitrogen functional groups attached to an aromatic ring is 1. The third-order valence-electron chi connectivity index (χ3n) is 7.52. The van der Waals surface area contributed by atoms with Crippen LogP contribution < -0.4 is 21.5 Å². The molecule has 4 N–H and O–H groups in total. The Bertz CT molecular complexity index is 1250. The maximum Gasteiger partial charge on any atom is 0.328 e. The number of hydrogen-bond donors (Lipinski definition) is 3. The number of methoxy groups -OCH3 is 1. The van der Waals surface area contributed by atoms with E-state index in [1.165, 1.54) is 81.6 Å². The van der Waals surface area contributed by atoms with E-state index in [0.29, 0.717) is 29.9 Å². The molecule has 0 aliphatic carbocycles. The highest BCUT2D eigenvalue weighted by Crippen LogP contribution is 2.19. The molecule has 0 spiro atoms. The van der Waals surface area contributed by atoms with Crippen molar-refractivity contribution < 1.29 is 14.3 Å². The Morgan fingerprint density at radius 1 is 0.881 bits per heavy atom. The molecule has 10 nitrogen and oxygen atoms in total. The van der Waals surface area contributed by atoms with Crippen LogP contribution in [0.5, 0.6) is 6.01 Å². The summed E-state index contributed by atoms with van der Waals surface area (Å²) >= 11 is 0. The number of amides is 1. The molecule has 3 rings (SSSR count). The summed E-state index contributed by atoms with van der Waals surface area (Å²) in [6.07, 6.45) is 18.4. The first-order valence-electron chi connectivity index (χ1n) is 15.8. The number of carbonyl (C=O) groups excluding carboxylic acids is 1. The van der Waals surface area contributed by atoms with Crippen LogP contribution in [0.1, 0.15) is 113 Å². The largest absolute Gasteiger partial charge is 0.461 e. The van der Waals surface area contributed by atoms with Crippen LogP contribution in [-0.2, 0) is 11.3 Å². The van der Waals surface area contributed by atoms with E-state index in [0.717, 1.165) is 18.4 Å². The fourth-order valence-electron chi connectivity index (χ4n) is 5.03. The zero-order chi connectivity index (χ0) is 30.0. The van der Waals surface area contributed by atoms with Gasteiger partial charge in [0, 0.05) is 19.2 Å². The molecule has 0 atom stereocenters. The van der Waals surface area contributed by atoms with E-state index in [-0.39, 0.29) is 36.6 Å². The molecule has 10 heteroatoms. The monoisotopic (exact) mass is 582 g/mol. The van der Waals surface area contributed by atoms with Gasteiger partial charge in [-0.15, -0.1) is 0 Å². The predicted octanol–water partition coefficient (Wildman–Crippen LogP) is 5.99. The minimum atomic E-state index is -0.352. The number of aromatic amines is 1. The molecule has 0 unspecified atom stereocenters. The average molecular weight is 583 g/mol. The standard InChI is InChI=1S/C32H50N6O4/c1-3-4-5-6-7-8-9-10-11-12-13-14-15-16-21-34-30(39)26-19-17-25(18-20-26)24-38-29-27(35-32(38)40)28(33)36-31(37-29)42-23-22-41-2/h17-20H,3-16,21-24H2,1-2H3,(H,34,39)(H,35,40)(H2,33,36,37). The number of unbranched alkanes of at least 4 members (excludes halogenated alkanes) is 13. The molecule has 42 heavy (non-hydrogen) atoms. The first kappa shape index (κ1) is 33.1. The lowest BCUT2D eigenvalue weighted by atomic mass is 10.0. The highest BCUT2D eigenvalue weighted by Gasteiger charge is 2.15. The Morgan fingerprint density at radius 2 is 1.48 bits per heavy atom. The summed E-state index contributed by atoms with van der Waals surface area (Å²) in [7, 11) is 1.57. The van der Waals surface area contributed by atoms with Crippen molar-refractivity contribution in [3.63, 3.8) is 0 Å². The molecule has 0 fully saturated rings. The quantitative estimate of drug-likeness (QED) is 0.124. The van der Waals surface area contributed by atoms with E-state index >= 15 is 0 Å². The van der Waals surface area contributed by atoms with Crippen molar-refractivity contribution in [1.82, 2.24) is 24.8 Å². The van der Waals surface area contributed by atoms with E-state index < -0.39 is 0 Å². The molecule has 0 saturated carbocycles. The van der Waals surface area contributed by atoms with Gasteiger partial charge in [-0.3, -0.25) is 9.36 Å². The Labute approximate surface area is 249 Å². The van der Waals surface area contributed by atoms with Crippen molar-refractivity contribution in [2.45, 2.75) is 103 Å². The normalized spacial score (nSPS) is 11.3. The number of anilines is 1. The molecule has 1 aromatic carbocycles. The van der Waals surface area contributed by atoms with Gasteiger partial charge in [-0.2, -0.15) is 9.97 Å². The van der Waals surface area contributed by atoms with Gasteiger partial charge in [-0.05, 0) is 24.1 Å². The number of carbonyl (C=O) groups is 1. The van der Waals surface area contributed by atoms with Gasteiger partial charge >= 0.3 is 11.7 Å². The van der Waals surface area contributed by atoms with Crippen LogP contribution in [-0.4, -0.2) is 52.3 Å². The van der Waals surface area contributed by atoms with Gasteiger partial charge in [-0.1, -0.05) is 103 Å². The third kappa shape index (κ3) is 11.1. The molecular formula is C32H50N6O4. The van der Waals surface area contributed by atoms with Crippen molar-refractivity contribution >= 4 is 22.9 Å². The minimum absolute atomic E-state index is 0.0793. The fraction of sp³-hybridized carbons (Fsp3) is 0.625. The summed E-state index contributed by atoms with van der Waals surface area (Å²) in [5.41, 5.74) is 7.82. The highest BCUT2D eigenvalue weighted by molar-refractivity contribution is 5.94. The number of nitrogens with one attached hydrogen (secondary N) is 2. The maximum atomic E-state index is 12.6. The summed E-state index contributed by atoms with van der Waals surface area (Å²) in [6, 6.07) is 7.31. The van der Waals surface area contributed by atoms with Crippen molar-refractivity contribution in [2.75, 3.05) is 32.6 Å². The van der Waals surface area contributed by atoms with Crippen LogP contribution in [0.15, 0.2) is 29.1 Å². The number of nitrogens with zero attached hydrogens (tertiary/aromatic N) is 3. The number of H-pyrrole nitrogens is 1. The molecule has 2 aromatic heterocycles. The first-order chi connectivity index (χ1) is 20.5. The molecule has 0 aliphatic rings. The van der Waals surface area contributed by atoms with Crippen LogP contribution in [0.3, 0.4) is 0 Å². The molecular weight excluding hydrogens is 532 g/mol. The van der Waals surface area contributed by atoms with Gasteiger partial charge in [0.05, 0.1) is 13.2 Å². The van der Waals surface area contributed by atoms with Crippen molar-refractivity contribution in [3.8, 4) is 6.01 Å². The molecule has 0 bridgehead atoms. The Hall–Kier alpha value is -3.40. The van der Waals surface area contributed by atoms with E-state index in [4.69, 9.17) is 15.2 Å². The number of hydrogen-bond acceptors (Lipinski definition) is 7. The zero-order valence-electron chi connectivity index (χ0n) is 25.6. The van der Waals surface area contributed by atoms with Gasteiger partial charge in [0.15, 0.2) is 11.5 Å². The van der Waals surface area contributed by atoms with E-state index in [9.17, 15) is 9.59 Å². The van der Waals surface area contributed by atoms with Crippen molar-refractivity contribution in [3.05, 3.63) is 45.9 Å². The number of ether oxygens (including phenoxy) is 2. The van der Waals surface area contributed by atoms with E-state index in [2.05, 4.69) is 27.2 Å². The maximum absolute atomic E-state index is 12.6. The first-order valence-corrected chi connectivity index (χ1v) is 15.8. The van der Waals surface area contributed by atoms with Crippen LogP contribution >= 0.6 is 0 Å². The summed E-state index contributed by atoms with van der Waals surface area (Å²) < 4.78 is 11.9. The summed E-state index contributed by atoms with van der Waals surface area (Å²) in [4.78, 5) is 36.4. The SMILES string of the molecule is CCCCCCCCCCCCCCCCNC(=O)c1ccc(Cn2c(=O)[nH]c3c(N)nc(OCCOC)nc32)cc1. The Balaban J connectivity index is 1.34. The van der Waals surface area contributed by atoms with Gasteiger partial charge in [0.1, 0.15) is 12.1 Å². The number of rotatable bonds is 22. The van der Waals surface area contributed by atoms with Crippen LogP contribution in [0.25, 0.3) is 11.2 Å². The van der Waals surface area contributed by atoms with Crippen molar-refractivity contribution in [2.24, 2.45) is 0 Å². The summed E-state index contributed by atoms with van der Waals surface area (Å²) in [5.74, 6) is 0.0490. The second-order valence-electron chi connectivity index (χ2n) is 11.0. The number of aromatic nitrogens is 4. The second kappa shape index (κ2) is 18.9. The molecule has 0 aliphatic heterocycles. The number of nitrogens with two attached hydrogens (primary N) is 1. The molecule has 1 amide bonds. The van der Waals surface area contributed by atoms with Crippen LogP contribution in [0, 0.1) is 0 Å². The van der Waals surface area contributed by atoms with Gasteiger partial charge < -0.3 is 25.5 Å². The minimum Gasteiger partial charge on any atom is -0.461 e. The van der Waals surface area contributed by atoms with Crippen LogP contribution in [0.4, 0.5) is 5.82 Å². The lowest BCUT2D eigenvalue weighted by Gasteiger charge is -2.08. The number of benzene rings is 1. The highest BCUT2D eigenvalue weighted by atomic mass is 16.5. The topological polar surface area (TPSA) is 137 Å². The number of imidazole rings is 1. The van der Waals surface area contributed by atoms with Gasteiger partial charge in [-0.25, -0.2) is 4.79 Å². The van der Waals surface area contributed by atoms with Crippen LogP contribution in [0.2, 0.25) is 0 Å². The summed E-state index contributed by atoms with van der Waals surface area (Å²) in [6.45, 7) is 3.84. The zero-order valence-corrected chi connectivity index (χ0v) is 25.6. The smallest absolute Gasteiger partial charge is 0.328 e. The lowest BCUT2D eigenvalue weighted by Crippen LogP contribution is -2.24. The predicted molar refractivity (Wildman–Crippen MR) is 168 cm³/mol. The molecule has 232 valence electrons. The molecule has 3 aromatic rings. The second-order valence-corrected chi connectivity index (χ2v) is 11.0. The molecule has 0 saturated heterocycles. The summed E-state index contributed by atoms with van der Waals surface area (Å²) in [5, 5.41) is 3.02. The van der Waals surface area contributed by atoms with E-state index in [1.54, 1.807) is 19.2 Å². The Kier molecular flexibility index (Phi) is 14.9. The molecule has 0 radical (unpaired) electrons. The molecule has 2 heterocycles. The van der Waals surface area contributed by atoms with Gasteiger partial charge in [0.25, 0.3) is 5.91 Å². The average Bonchev–Trinajstić information content (AvgIpc) is 3.30.